The van der Waals surface area contributed by atoms with E-state index in [1.165, 1.54) is 15.5 Å². The third kappa shape index (κ3) is 7.05. The van der Waals surface area contributed by atoms with E-state index in [0.717, 1.165) is 71.9 Å². The Balaban J connectivity index is 0.000000194. The van der Waals surface area contributed by atoms with Crippen molar-refractivity contribution in [1.29, 1.82) is 0 Å². The van der Waals surface area contributed by atoms with Crippen LogP contribution in [0.1, 0.15) is 16.7 Å². The number of nitrogens with zero attached hydrogens (tertiary/aromatic N) is 2. The molecule has 0 amide bonds. The summed E-state index contributed by atoms with van der Waals surface area (Å²) in [6.07, 6.45) is 4.27. The van der Waals surface area contributed by atoms with Crippen LogP contribution in [-0.2, 0) is 20.1 Å². The smallest absolute Gasteiger partial charge is 0 e. The zero-order valence-electron chi connectivity index (χ0n) is 29.7. The molecule has 0 atom stereocenters. The van der Waals surface area contributed by atoms with Crippen molar-refractivity contribution in [2.45, 2.75) is 24.2 Å². The number of benzene rings is 5. The molecule has 3 nitrogen and oxygen atoms in total. The van der Waals surface area contributed by atoms with Gasteiger partial charge in [-0.25, -0.2) is 0 Å². The minimum absolute atomic E-state index is 0. The number of pyridine rings is 2. The molecule has 51 heavy (non-hydrogen) atoms. The van der Waals surface area contributed by atoms with E-state index in [-0.39, 0.29) is 20.1 Å². The number of furan rings is 1. The molecule has 8 aromatic rings. The van der Waals surface area contributed by atoms with E-state index in [1.54, 1.807) is 0 Å². The van der Waals surface area contributed by atoms with Crippen molar-refractivity contribution in [3.63, 3.8) is 0 Å². The normalized spacial score (nSPS) is 11.3. The summed E-state index contributed by atoms with van der Waals surface area (Å²) >= 11 is -1.83. The molecule has 0 N–H and O–H groups in total. The van der Waals surface area contributed by atoms with E-state index in [4.69, 9.17) is 4.42 Å². The summed E-state index contributed by atoms with van der Waals surface area (Å²) in [6, 6.07) is 41.9. The van der Waals surface area contributed by atoms with Gasteiger partial charge in [-0.05, 0) is 34.0 Å². The molecular weight excluding hydrogens is 861 g/mol. The van der Waals surface area contributed by atoms with Crippen molar-refractivity contribution >= 4 is 50.4 Å². The summed E-state index contributed by atoms with van der Waals surface area (Å²) in [6.45, 7) is 10.6. The molecule has 1 radical (unpaired) electrons. The molecule has 0 aliphatic heterocycles. The average Bonchev–Trinajstić information content (AvgIpc) is 3.47. The predicted molar refractivity (Wildman–Crippen MR) is 213 cm³/mol. The number of fused-ring (bicyclic) bond motifs is 4. The summed E-state index contributed by atoms with van der Waals surface area (Å²) in [7, 11) is 8.42. The minimum atomic E-state index is -1.83. The van der Waals surface area contributed by atoms with Crippen LogP contribution in [-0.4, -0.2) is 13.3 Å². The van der Waals surface area contributed by atoms with Crippen LogP contribution in [0.2, 0.25) is 17.3 Å². The van der Waals surface area contributed by atoms with Crippen LogP contribution < -0.4 is 13.5 Å². The van der Waals surface area contributed by atoms with E-state index in [0.29, 0.717) is 0 Å². The average molecular weight is 904 g/mol. The van der Waals surface area contributed by atoms with Crippen molar-refractivity contribution in [1.82, 2.24) is 0 Å². The first-order valence-corrected chi connectivity index (χ1v) is 24.3. The first kappa shape index (κ1) is 35.9. The third-order valence-electron chi connectivity index (χ3n) is 9.46. The number of aromatic nitrogens is 2. The molecule has 0 aliphatic carbocycles. The molecule has 0 saturated heterocycles. The van der Waals surface area contributed by atoms with Crippen LogP contribution in [0.5, 0.6) is 0 Å². The zero-order valence-corrected chi connectivity index (χ0v) is 34.2. The molecule has 8 rings (SSSR count). The Morgan fingerprint density at radius 2 is 1.24 bits per heavy atom. The molecular formula is C46H42GeIrN2O-2. The minimum Gasteiger partial charge on any atom is 0 e. The second kappa shape index (κ2) is 14.4. The predicted octanol–water partition coefficient (Wildman–Crippen LogP) is 10.5. The van der Waals surface area contributed by atoms with E-state index in [2.05, 4.69) is 162 Å². The van der Waals surface area contributed by atoms with Crippen molar-refractivity contribution in [2.24, 2.45) is 0 Å². The fourth-order valence-corrected chi connectivity index (χ4v) is 10.7. The zero-order chi connectivity index (χ0) is 35.2. The maximum absolute atomic E-state index is 6.47. The van der Waals surface area contributed by atoms with Gasteiger partial charge in [0.15, 0.2) is 0 Å². The Morgan fingerprint density at radius 3 is 1.96 bits per heavy atom. The van der Waals surface area contributed by atoms with Crippen molar-refractivity contribution < 1.29 is 33.7 Å². The van der Waals surface area contributed by atoms with Gasteiger partial charge < -0.3 is 8.98 Å². The summed E-state index contributed by atoms with van der Waals surface area (Å²) in [5.41, 5.74) is 11.6. The van der Waals surface area contributed by atoms with Gasteiger partial charge in [-0.2, -0.15) is 18.6 Å². The Morgan fingerprint density at radius 1 is 0.588 bits per heavy atom. The van der Waals surface area contributed by atoms with E-state index < -0.39 is 13.3 Å². The maximum Gasteiger partial charge on any atom is 0 e. The SMILES string of the molecule is [CH2-]c1ccc2c(oc3cc(-c4ccccc4)ccc32)c1-c1cc2ccccc2c[n+]1[CH2-].[CH2-]c1ccccc1-c1cc(C)[c]([Ge]([CH3])([CH3])[CH3])c[n+]1[CH2-].[Ir]. The molecule has 0 fully saturated rings. The Bertz CT molecular complexity index is 2530. The molecule has 0 saturated carbocycles. The molecule has 5 heteroatoms. The van der Waals surface area contributed by atoms with Crippen LogP contribution in [0.15, 0.2) is 138 Å². The van der Waals surface area contributed by atoms with Crippen LogP contribution in [0.3, 0.4) is 0 Å². The summed E-state index contributed by atoms with van der Waals surface area (Å²) < 4.78 is 11.9. The van der Waals surface area contributed by atoms with Crippen LogP contribution in [0, 0.1) is 34.9 Å². The Labute approximate surface area is 318 Å². The number of aryl methyl sites for hydroxylation is 1. The number of hydrogen-bond acceptors (Lipinski definition) is 1. The molecule has 0 unspecified atom stereocenters. The molecule has 5 aromatic carbocycles. The van der Waals surface area contributed by atoms with E-state index in [9.17, 15) is 0 Å². The van der Waals surface area contributed by atoms with Gasteiger partial charge in [-0.1, -0.05) is 72.3 Å². The first-order valence-electron chi connectivity index (χ1n) is 16.9. The third-order valence-corrected chi connectivity index (χ3v) is 13.9. The molecule has 0 spiro atoms. The van der Waals surface area contributed by atoms with Crippen LogP contribution >= 0.6 is 0 Å². The van der Waals surface area contributed by atoms with Crippen LogP contribution in [0.25, 0.3) is 66.4 Å². The quantitative estimate of drug-likeness (QED) is 0.0979. The molecule has 3 heterocycles. The van der Waals surface area contributed by atoms with Gasteiger partial charge in [0, 0.05) is 37.9 Å². The summed E-state index contributed by atoms with van der Waals surface area (Å²) in [5.74, 6) is 7.24. The molecule has 3 aromatic heterocycles. The van der Waals surface area contributed by atoms with Gasteiger partial charge in [0.2, 0.25) is 0 Å². The van der Waals surface area contributed by atoms with Gasteiger partial charge in [0.25, 0.3) is 0 Å². The van der Waals surface area contributed by atoms with Gasteiger partial charge >= 0.3 is 119 Å². The van der Waals surface area contributed by atoms with Crippen molar-refractivity contribution in [3.05, 3.63) is 178 Å². The summed E-state index contributed by atoms with van der Waals surface area (Å²) in [5, 5.41) is 4.50. The molecule has 0 bridgehead atoms. The van der Waals surface area contributed by atoms with Crippen molar-refractivity contribution in [2.75, 3.05) is 0 Å². The Hall–Kier alpha value is -4.87. The van der Waals surface area contributed by atoms with Gasteiger partial charge in [0.1, 0.15) is 5.58 Å². The Kier molecular flexibility index (Phi) is 10.1. The number of hydrogen-bond donors (Lipinski definition) is 0. The van der Waals surface area contributed by atoms with E-state index in [1.807, 2.05) is 33.4 Å². The second-order valence-corrected chi connectivity index (χ2v) is 24.6. The van der Waals surface area contributed by atoms with Gasteiger partial charge in [0.05, 0.1) is 17.5 Å². The molecule has 257 valence electrons. The van der Waals surface area contributed by atoms with Crippen molar-refractivity contribution in [3.8, 4) is 33.6 Å². The largest absolute Gasteiger partial charge is 0 e. The van der Waals surface area contributed by atoms with Crippen LogP contribution in [0.4, 0.5) is 0 Å². The van der Waals surface area contributed by atoms with Gasteiger partial charge in [-0.15, -0.1) is 6.07 Å². The molecule has 0 aliphatic rings. The standard InChI is InChI=1S/C29H20NO.C17H22GeN.Ir/c1-19-12-14-25-24-15-13-22(20-8-4-3-5-9-20)17-27(24)31-29(25)28(19)26-16-21-10-6-7-11-23(21)18-30(26)2;1-13-9-7-8-10-15(13)17-11-14(2)16(12-19(17)6)18(3,4)5;/h3-18H,1-2H2;7-12H,1,6H2,2-5H3;/q2*-1;. The first-order chi connectivity index (χ1) is 24.0. The summed E-state index contributed by atoms with van der Waals surface area (Å²) in [4.78, 5) is 0. The fourth-order valence-electron chi connectivity index (χ4n) is 6.90. The van der Waals surface area contributed by atoms with E-state index >= 15 is 0 Å². The maximum atomic E-state index is 6.47. The number of rotatable bonds is 4. The van der Waals surface area contributed by atoms with Gasteiger partial charge in [-0.3, -0.25) is 0 Å². The monoisotopic (exact) mass is 905 g/mol. The topological polar surface area (TPSA) is 20.9 Å². The second-order valence-electron chi connectivity index (χ2n) is 14.0. The fraction of sp³-hybridized carbons (Fsp3) is 0.0870.